The Labute approximate surface area is 103 Å². The molecule has 17 heavy (non-hydrogen) atoms. The molecule has 0 aliphatic carbocycles. The number of aliphatic hydroxyl groups is 1. The van der Waals surface area contributed by atoms with Gasteiger partial charge in [-0.2, -0.15) is 0 Å². The maximum absolute atomic E-state index is 10.1. The van der Waals surface area contributed by atoms with E-state index in [0.29, 0.717) is 13.0 Å². The lowest BCUT2D eigenvalue weighted by atomic mass is 10.1. The largest absolute Gasteiger partial charge is 0.494 e. The third-order valence-corrected chi connectivity index (χ3v) is 2.27. The van der Waals surface area contributed by atoms with Crippen LogP contribution in [0.4, 0.5) is 0 Å². The third-order valence-electron chi connectivity index (χ3n) is 2.27. The van der Waals surface area contributed by atoms with Crippen LogP contribution in [-0.2, 0) is 11.2 Å². The predicted octanol–water partition coefficient (Wildman–Crippen LogP) is 2.61. The van der Waals surface area contributed by atoms with Crippen molar-refractivity contribution in [1.29, 1.82) is 0 Å². The van der Waals surface area contributed by atoms with Crippen LogP contribution in [0.1, 0.15) is 31.7 Å². The minimum absolute atomic E-state index is 0.678. The Balaban J connectivity index is 0.00000121. The van der Waals surface area contributed by atoms with Crippen molar-refractivity contribution >= 4 is 6.29 Å². The molecule has 0 aliphatic heterocycles. The fourth-order valence-corrected chi connectivity index (χ4v) is 1.48. The average Bonchev–Trinajstić information content (AvgIpc) is 2.39. The van der Waals surface area contributed by atoms with Crippen molar-refractivity contribution in [3.63, 3.8) is 0 Å². The minimum atomic E-state index is 0.678. The van der Waals surface area contributed by atoms with Crippen molar-refractivity contribution in [1.82, 2.24) is 0 Å². The Morgan fingerprint density at radius 2 is 1.82 bits per heavy atom. The summed E-state index contributed by atoms with van der Waals surface area (Å²) in [5.41, 5.74) is 1.31. The van der Waals surface area contributed by atoms with E-state index in [1.165, 1.54) is 5.56 Å². The summed E-state index contributed by atoms with van der Waals surface area (Å²) in [5.74, 6) is 0.925. The summed E-state index contributed by atoms with van der Waals surface area (Å²) >= 11 is 0. The van der Waals surface area contributed by atoms with Gasteiger partial charge in [0.1, 0.15) is 12.0 Å². The normalized spacial score (nSPS) is 9.12. The number of hydrogen-bond acceptors (Lipinski definition) is 3. The molecule has 0 aromatic heterocycles. The summed E-state index contributed by atoms with van der Waals surface area (Å²) in [6.07, 6.45) is 4.76. The van der Waals surface area contributed by atoms with E-state index in [4.69, 9.17) is 9.84 Å². The molecule has 0 heterocycles. The standard InChI is InChI=1S/C13H18O2.CH4O/c1-2-15-13-9-7-12(8-10-13)6-4-3-5-11-14;1-2/h7-11H,2-6H2,1H3;2H,1H3. The molecule has 0 saturated heterocycles. The molecule has 0 amide bonds. The summed E-state index contributed by atoms with van der Waals surface area (Å²) in [6.45, 7) is 2.69. The second-order valence-electron chi connectivity index (χ2n) is 3.49. The van der Waals surface area contributed by atoms with E-state index in [0.717, 1.165) is 38.4 Å². The molecule has 0 bridgehead atoms. The molecular formula is C14H22O3. The molecule has 1 aromatic carbocycles. The number of benzene rings is 1. The van der Waals surface area contributed by atoms with Gasteiger partial charge in [0.05, 0.1) is 6.61 Å². The molecule has 0 radical (unpaired) electrons. The zero-order valence-electron chi connectivity index (χ0n) is 10.7. The number of carbonyl (C=O) groups is 1. The van der Waals surface area contributed by atoms with Crippen LogP contribution in [0.2, 0.25) is 0 Å². The highest BCUT2D eigenvalue weighted by atomic mass is 16.5. The van der Waals surface area contributed by atoms with Crippen LogP contribution in [0.15, 0.2) is 24.3 Å². The number of ether oxygens (including phenoxy) is 1. The first-order chi connectivity index (χ1) is 8.36. The first kappa shape index (κ1) is 15.7. The second kappa shape index (κ2) is 11.1. The van der Waals surface area contributed by atoms with Gasteiger partial charge >= 0.3 is 0 Å². The van der Waals surface area contributed by atoms with Crippen molar-refractivity contribution in [2.45, 2.75) is 32.6 Å². The van der Waals surface area contributed by atoms with Crippen LogP contribution < -0.4 is 4.74 Å². The van der Waals surface area contributed by atoms with Crippen molar-refractivity contribution in [2.75, 3.05) is 13.7 Å². The SMILES string of the molecule is CCOc1ccc(CCCCC=O)cc1.CO. The number of unbranched alkanes of at least 4 members (excludes halogenated alkanes) is 2. The minimum Gasteiger partial charge on any atom is -0.494 e. The number of aliphatic hydroxyl groups excluding tert-OH is 1. The van der Waals surface area contributed by atoms with Crippen LogP contribution in [0, 0.1) is 0 Å². The quantitative estimate of drug-likeness (QED) is 0.586. The lowest BCUT2D eigenvalue weighted by molar-refractivity contribution is -0.107. The van der Waals surface area contributed by atoms with Crippen LogP contribution in [0.5, 0.6) is 5.75 Å². The van der Waals surface area contributed by atoms with E-state index < -0.39 is 0 Å². The first-order valence-corrected chi connectivity index (χ1v) is 5.97. The van der Waals surface area contributed by atoms with E-state index in [-0.39, 0.29) is 0 Å². The third kappa shape index (κ3) is 7.53. The van der Waals surface area contributed by atoms with Gasteiger partial charge in [-0.1, -0.05) is 12.1 Å². The molecule has 1 rings (SSSR count). The molecule has 0 unspecified atom stereocenters. The Bertz CT molecular complexity index is 280. The molecule has 3 heteroatoms. The van der Waals surface area contributed by atoms with Gasteiger partial charge in [-0.3, -0.25) is 0 Å². The zero-order valence-corrected chi connectivity index (χ0v) is 10.7. The number of rotatable bonds is 7. The Morgan fingerprint density at radius 3 is 2.35 bits per heavy atom. The monoisotopic (exact) mass is 238 g/mol. The van der Waals surface area contributed by atoms with Crippen molar-refractivity contribution in [2.24, 2.45) is 0 Å². The average molecular weight is 238 g/mol. The lowest BCUT2D eigenvalue weighted by Crippen LogP contribution is -1.92. The van der Waals surface area contributed by atoms with Gasteiger partial charge in [0.2, 0.25) is 0 Å². The topological polar surface area (TPSA) is 46.5 Å². The molecule has 0 spiro atoms. The molecular weight excluding hydrogens is 216 g/mol. The summed E-state index contributed by atoms with van der Waals surface area (Å²) in [6, 6.07) is 8.18. The fraction of sp³-hybridized carbons (Fsp3) is 0.500. The van der Waals surface area contributed by atoms with Crippen LogP contribution >= 0.6 is 0 Å². The number of aryl methyl sites for hydroxylation is 1. The number of aldehydes is 1. The Kier molecular flexibility index (Phi) is 10.3. The molecule has 96 valence electrons. The maximum atomic E-state index is 10.1. The van der Waals surface area contributed by atoms with Gasteiger partial charge in [-0.15, -0.1) is 0 Å². The summed E-state index contributed by atoms with van der Waals surface area (Å²) in [7, 11) is 1.00. The van der Waals surface area contributed by atoms with Crippen molar-refractivity contribution in [3.8, 4) is 5.75 Å². The highest BCUT2D eigenvalue weighted by Gasteiger charge is 1.95. The summed E-state index contributed by atoms with van der Waals surface area (Å²) in [5, 5.41) is 7.00. The van der Waals surface area contributed by atoms with Gasteiger partial charge in [0.15, 0.2) is 0 Å². The van der Waals surface area contributed by atoms with Gasteiger partial charge < -0.3 is 14.6 Å². The number of carbonyl (C=O) groups excluding carboxylic acids is 1. The molecule has 0 atom stereocenters. The predicted molar refractivity (Wildman–Crippen MR) is 69.4 cm³/mol. The van der Waals surface area contributed by atoms with Crippen molar-refractivity contribution < 1.29 is 14.6 Å². The molecule has 0 aliphatic rings. The van der Waals surface area contributed by atoms with Crippen molar-refractivity contribution in [3.05, 3.63) is 29.8 Å². The lowest BCUT2D eigenvalue weighted by Gasteiger charge is -2.04. The smallest absolute Gasteiger partial charge is 0.119 e. The molecule has 1 aromatic rings. The van der Waals surface area contributed by atoms with E-state index in [9.17, 15) is 4.79 Å². The molecule has 1 N–H and O–H groups in total. The Morgan fingerprint density at radius 1 is 1.18 bits per heavy atom. The highest BCUT2D eigenvalue weighted by molar-refractivity contribution is 5.48. The van der Waals surface area contributed by atoms with E-state index in [2.05, 4.69) is 12.1 Å². The molecule has 0 saturated carbocycles. The van der Waals surface area contributed by atoms with Crippen LogP contribution in [0.25, 0.3) is 0 Å². The zero-order chi connectivity index (χ0) is 12.9. The Hall–Kier alpha value is -1.35. The van der Waals surface area contributed by atoms with E-state index in [1.54, 1.807) is 0 Å². The van der Waals surface area contributed by atoms with Gasteiger partial charge in [0, 0.05) is 13.5 Å². The maximum Gasteiger partial charge on any atom is 0.119 e. The van der Waals surface area contributed by atoms with E-state index >= 15 is 0 Å². The fourth-order valence-electron chi connectivity index (χ4n) is 1.48. The first-order valence-electron chi connectivity index (χ1n) is 5.97. The van der Waals surface area contributed by atoms with Gasteiger partial charge in [-0.25, -0.2) is 0 Å². The summed E-state index contributed by atoms with van der Waals surface area (Å²) < 4.78 is 5.36. The van der Waals surface area contributed by atoms with Gasteiger partial charge in [0.25, 0.3) is 0 Å². The highest BCUT2D eigenvalue weighted by Crippen LogP contribution is 2.13. The second-order valence-corrected chi connectivity index (χ2v) is 3.49. The number of hydrogen-bond donors (Lipinski definition) is 1. The summed E-state index contributed by atoms with van der Waals surface area (Å²) in [4.78, 5) is 10.1. The molecule has 3 nitrogen and oxygen atoms in total. The van der Waals surface area contributed by atoms with Crippen LogP contribution in [0.3, 0.4) is 0 Å². The van der Waals surface area contributed by atoms with Crippen LogP contribution in [-0.4, -0.2) is 25.1 Å². The van der Waals surface area contributed by atoms with Gasteiger partial charge in [-0.05, 0) is 43.9 Å². The van der Waals surface area contributed by atoms with E-state index in [1.807, 2.05) is 19.1 Å². The molecule has 0 fully saturated rings.